The summed E-state index contributed by atoms with van der Waals surface area (Å²) in [5, 5.41) is 17.2. The van der Waals surface area contributed by atoms with Crippen LogP contribution >= 0.6 is 0 Å². The summed E-state index contributed by atoms with van der Waals surface area (Å²) in [6.07, 6.45) is 4.52. The fourth-order valence-corrected chi connectivity index (χ4v) is 6.12. The molecule has 2 aliphatic heterocycles. The van der Waals surface area contributed by atoms with Crippen LogP contribution in [0, 0.1) is 24.1 Å². The van der Waals surface area contributed by atoms with Crippen LogP contribution in [0.4, 0.5) is 10.2 Å². The molecule has 1 unspecified atom stereocenters. The molecule has 6 rings (SSSR count). The number of aryl methyl sites for hydroxylation is 1. The molecule has 2 saturated heterocycles. The Labute approximate surface area is 272 Å². The molecule has 2 aromatic carbocycles. The van der Waals surface area contributed by atoms with E-state index in [9.17, 15) is 19.2 Å². The van der Waals surface area contributed by atoms with Crippen LogP contribution in [-0.2, 0) is 22.6 Å². The first-order valence-electron chi connectivity index (χ1n) is 15.6. The van der Waals surface area contributed by atoms with Gasteiger partial charge in [-0.25, -0.2) is 14.4 Å². The summed E-state index contributed by atoms with van der Waals surface area (Å²) >= 11 is 0. The van der Waals surface area contributed by atoms with Gasteiger partial charge in [-0.15, -0.1) is 0 Å². The molecule has 0 saturated carbocycles. The van der Waals surface area contributed by atoms with Gasteiger partial charge in [0, 0.05) is 57.2 Å². The third-order valence-electron chi connectivity index (χ3n) is 8.74. The number of amides is 2. The summed E-state index contributed by atoms with van der Waals surface area (Å²) in [4.78, 5) is 36.4. The molecule has 12 nitrogen and oxygen atoms in total. The molecule has 0 aliphatic carbocycles. The van der Waals surface area contributed by atoms with E-state index in [0.717, 1.165) is 55.0 Å². The average Bonchev–Trinajstić information content (AvgIpc) is 3.43. The molecule has 2 amide bonds. The maximum atomic E-state index is 14.0. The third kappa shape index (κ3) is 7.03. The van der Waals surface area contributed by atoms with Crippen molar-refractivity contribution in [2.24, 2.45) is 0 Å². The minimum Gasteiger partial charge on any atom is -0.451 e. The highest BCUT2D eigenvalue weighted by Crippen LogP contribution is 2.32. The molecule has 0 bridgehead atoms. The smallest absolute Gasteiger partial charge is 0.257 e. The zero-order valence-corrected chi connectivity index (χ0v) is 26.6. The van der Waals surface area contributed by atoms with Gasteiger partial charge in [-0.3, -0.25) is 14.5 Å². The van der Waals surface area contributed by atoms with E-state index in [2.05, 4.69) is 50.6 Å². The van der Waals surface area contributed by atoms with E-state index in [1.54, 1.807) is 14.1 Å². The standard InChI is InChI=1S/C34H37FN8O4/c1-21-22(4-6-29-27(21)13-25(14-36)43(29)18-26-15-38-32(44)19-46-26)17-42-10-8-24(9-11-42)40-33-31(16-37-20-39-33)47-30-7-5-23(35)12-28(30)34(45)41(2)3/h4-7,12-13,16,20,24,26H,8-11,15,17-19H2,1-3H3,(H,38,44)(H,37,39,40). The van der Waals surface area contributed by atoms with E-state index in [1.807, 2.05) is 10.6 Å². The average molecular weight is 641 g/mol. The van der Waals surface area contributed by atoms with Crippen LogP contribution in [-0.4, -0.2) is 88.6 Å². The van der Waals surface area contributed by atoms with Crippen LogP contribution in [0.3, 0.4) is 0 Å². The molecular formula is C34H37FN8O4. The first kappa shape index (κ1) is 31.9. The largest absolute Gasteiger partial charge is 0.451 e. The predicted molar refractivity (Wildman–Crippen MR) is 173 cm³/mol. The highest BCUT2D eigenvalue weighted by molar-refractivity contribution is 5.96. The van der Waals surface area contributed by atoms with Gasteiger partial charge in [-0.05, 0) is 61.2 Å². The number of hydrogen-bond donors (Lipinski definition) is 2. The van der Waals surface area contributed by atoms with Gasteiger partial charge in [-0.1, -0.05) is 6.07 Å². The van der Waals surface area contributed by atoms with Crippen molar-refractivity contribution in [3.05, 3.63) is 77.1 Å². The fraction of sp³-hybridized carbons (Fsp3) is 0.382. The highest BCUT2D eigenvalue weighted by atomic mass is 19.1. The minimum atomic E-state index is -0.528. The van der Waals surface area contributed by atoms with Crippen LogP contribution in [0.5, 0.6) is 11.5 Å². The lowest BCUT2D eigenvalue weighted by Crippen LogP contribution is -2.44. The zero-order valence-electron chi connectivity index (χ0n) is 26.6. The number of hydrogen-bond acceptors (Lipinski definition) is 9. The van der Waals surface area contributed by atoms with E-state index >= 15 is 0 Å². The Morgan fingerprint density at radius 2 is 2.02 bits per heavy atom. The lowest BCUT2D eigenvalue weighted by atomic mass is 10.0. The molecule has 13 heteroatoms. The molecular weight excluding hydrogens is 603 g/mol. The fourth-order valence-electron chi connectivity index (χ4n) is 6.12. The van der Waals surface area contributed by atoms with Gasteiger partial charge in [-0.2, -0.15) is 5.26 Å². The molecule has 47 heavy (non-hydrogen) atoms. The molecule has 0 spiro atoms. The SMILES string of the molecule is Cc1c(CN2CCC(Nc3ncncc3Oc3ccc(F)cc3C(=O)N(C)C)CC2)ccc2c1cc(C#N)n2CC1CNC(=O)CO1. The van der Waals surface area contributed by atoms with Gasteiger partial charge in [0.2, 0.25) is 5.91 Å². The number of anilines is 1. The van der Waals surface area contributed by atoms with Gasteiger partial charge in [0.05, 0.1) is 24.4 Å². The summed E-state index contributed by atoms with van der Waals surface area (Å²) < 4.78 is 27.7. The number of ether oxygens (including phenoxy) is 2. The first-order valence-corrected chi connectivity index (χ1v) is 15.6. The second-order valence-electron chi connectivity index (χ2n) is 12.1. The van der Waals surface area contributed by atoms with Gasteiger partial charge in [0.25, 0.3) is 5.91 Å². The van der Waals surface area contributed by atoms with E-state index in [0.29, 0.717) is 30.4 Å². The summed E-state index contributed by atoms with van der Waals surface area (Å²) in [6.45, 7) is 5.56. The molecule has 4 heterocycles. The number of piperidine rings is 1. The van der Waals surface area contributed by atoms with Crippen LogP contribution in [0.2, 0.25) is 0 Å². The van der Waals surface area contributed by atoms with Crippen molar-refractivity contribution in [3.8, 4) is 17.6 Å². The summed E-state index contributed by atoms with van der Waals surface area (Å²) in [7, 11) is 3.20. The lowest BCUT2D eigenvalue weighted by molar-refractivity contribution is -0.133. The second-order valence-corrected chi connectivity index (χ2v) is 12.1. The third-order valence-corrected chi connectivity index (χ3v) is 8.74. The van der Waals surface area contributed by atoms with Crippen molar-refractivity contribution in [3.63, 3.8) is 0 Å². The molecule has 2 N–H and O–H groups in total. The number of fused-ring (bicyclic) bond motifs is 1. The Hall–Kier alpha value is -5.06. The number of carbonyl (C=O) groups is 2. The maximum Gasteiger partial charge on any atom is 0.257 e. The highest BCUT2D eigenvalue weighted by Gasteiger charge is 2.25. The summed E-state index contributed by atoms with van der Waals surface area (Å²) in [5.74, 6) is 0.0498. The second kappa shape index (κ2) is 13.7. The number of halogens is 1. The Morgan fingerprint density at radius 1 is 1.21 bits per heavy atom. The monoisotopic (exact) mass is 640 g/mol. The van der Waals surface area contributed by atoms with Gasteiger partial charge < -0.3 is 29.6 Å². The Morgan fingerprint density at radius 3 is 2.74 bits per heavy atom. The Kier molecular flexibility index (Phi) is 9.33. The number of likely N-dealkylation sites (tertiary alicyclic amines) is 1. The number of nitriles is 1. The molecule has 4 aromatic rings. The lowest BCUT2D eigenvalue weighted by Gasteiger charge is -2.33. The molecule has 0 radical (unpaired) electrons. The van der Waals surface area contributed by atoms with Gasteiger partial charge >= 0.3 is 0 Å². The Bertz CT molecular complexity index is 1830. The van der Waals surface area contributed by atoms with Crippen molar-refractivity contribution in [1.29, 1.82) is 5.26 Å². The molecule has 2 aromatic heterocycles. The number of aromatic nitrogens is 3. The number of benzene rings is 2. The van der Waals surface area contributed by atoms with E-state index in [4.69, 9.17) is 9.47 Å². The van der Waals surface area contributed by atoms with Crippen LogP contribution in [0.1, 0.15) is 40.0 Å². The number of rotatable bonds is 9. The van der Waals surface area contributed by atoms with Crippen molar-refractivity contribution >= 4 is 28.5 Å². The number of nitrogens with zero attached hydrogens (tertiary/aromatic N) is 6. The van der Waals surface area contributed by atoms with Gasteiger partial charge in [0.1, 0.15) is 36.3 Å². The van der Waals surface area contributed by atoms with Crippen molar-refractivity contribution < 1.29 is 23.5 Å². The van der Waals surface area contributed by atoms with E-state index < -0.39 is 5.82 Å². The summed E-state index contributed by atoms with van der Waals surface area (Å²) in [6, 6.07) is 12.5. The van der Waals surface area contributed by atoms with Gasteiger partial charge in [0.15, 0.2) is 11.6 Å². The summed E-state index contributed by atoms with van der Waals surface area (Å²) in [5.41, 5.74) is 4.01. The number of nitrogens with one attached hydrogen (secondary N) is 2. The molecule has 1 atom stereocenters. The van der Waals surface area contributed by atoms with Crippen LogP contribution in [0.15, 0.2) is 48.9 Å². The number of morpholine rings is 1. The topological polar surface area (TPSA) is 138 Å². The Balaban J connectivity index is 1.10. The van der Waals surface area contributed by atoms with Crippen molar-refractivity contribution in [1.82, 2.24) is 29.7 Å². The normalized spacial score (nSPS) is 17.3. The molecule has 2 aliphatic rings. The van der Waals surface area contributed by atoms with Crippen molar-refractivity contribution in [2.45, 2.75) is 45.0 Å². The zero-order chi connectivity index (χ0) is 33.1. The maximum absolute atomic E-state index is 14.0. The van der Waals surface area contributed by atoms with Crippen LogP contribution < -0.4 is 15.4 Å². The van der Waals surface area contributed by atoms with E-state index in [1.165, 1.54) is 35.1 Å². The first-order chi connectivity index (χ1) is 22.7. The van der Waals surface area contributed by atoms with E-state index in [-0.39, 0.29) is 41.9 Å². The molecule has 244 valence electrons. The van der Waals surface area contributed by atoms with Crippen LogP contribution in [0.25, 0.3) is 10.9 Å². The molecule has 2 fully saturated rings. The predicted octanol–water partition coefficient (Wildman–Crippen LogP) is 3.84. The quantitative estimate of drug-likeness (QED) is 0.280. The number of carbonyl (C=O) groups excluding carboxylic acids is 2. The minimum absolute atomic E-state index is 0.0329. The van der Waals surface area contributed by atoms with Crippen molar-refractivity contribution in [2.75, 3.05) is 45.7 Å².